The van der Waals surface area contributed by atoms with E-state index in [4.69, 9.17) is 20.6 Å². The summed E-state index contributed by atoms with van der Waals surface area (Å²) in [6.07, 6.45) is 0.863. The Labute approximate surface area is 102 Å². The lowest BCUT2D eigenvalue weighted by atomic mass is 10.1. The van der Waals surface area contributed by atoms with E-state index in [1.807, 2.05) is 20.8 Å². The SMILES string of the molecule is CCC(C)(C)Oc1cc(OC)ccc1C(=N)N. The van der Waals surface area contributed by atoms with Gasteiger partial charge in [-0.15, -0.1) is 0 Å². The Morgan fingerprint density at radius 3 is 2.53 bits per heavy atom. The number of hydrogen-bond donors (Lipinski definition) is 2. The van der Waals surface area contributed by atoms with E-state index in [1.165, 1.54) is 0 Å². The van der Waals surface area contributed by atoms with Gasteiger partial charge in [0, 0.05) is 6.07 Å². The van der Waals surface area contributed by atoms with Gasteiger partial charge in [0.2, 0.25) is 0 Å². The van der Waals surface area contributed by atoms with Gasteiger partial charge in [0.1, 0.15) is 22.9 Å². The summed E-state index contributed by atoms with van der Waals surface area (Å²) in [5.41, 5.74) is 5.82. The van der Waals surface area contributed by atoms with Gasteiger partial charge in [-0.05, 0) is 32.4 Å². The number of ether oxygens (including phenoxy) is 2. The lowest BCUT2D eigenvalue weighted by Gasteiger charge is -2.26. The topological polar surface area (TPSA) is 68.3 Å². The molecule has 0 atom stereocenters. The van der Waals surface area contributed by atoms with Gasteiger partial charge in [-0.3, -0.25) is 5.41 Å². The molecule has 0 aliphatic carbocycles. The zero-order valence-electron chi connectivity index (χ0n) is 10.8. The maximum atomic E-state index is 7.53. The highest BCUT2D eigenvalue weighted by Gasteiger charge is 2.20. The third kappa shape index (κ3) is 3.37. The molecular formula is C13H20N2O2. The lowest BCUT2D eigenvalue weighted by Crippen LogP contribution is -2.28. The minimum atomic E-state index is -0.295. The Morgan fingerprint density at radius 2 is 2.06 bits per heavy atom. The zero-order chi connectivity index (χ0) is 13.1. The molecule has 0 amide bonds. The van der Waals surface area contributed by atoms with Crippen molar-refractivity contribution in [2.24, 2.45) is 5.73 Å². The second-order valence-corrected chi connectivity index (χ2v) is 4.49. The van der Waals surface area contributed by atoms with Crippen LogP contribution in [0, 0.1) is 5.41 Å². The Hall–Kier alpha value is -1.71. The summed E-state index contributed by atoms with van der Waals surface area (Å²) in [6.45, 7) is 6.04. The van der Waals surface area contributed by atoms with Crippen LogP contribution in [0.15, 0.2) is 18.2 Å². The second-order valence-electron chi connectivity index (χ2n) is 4.49. The summed E-state index contributed by atoms with van der Waals surface area (Å²) >= 11 is 0. The number of nitrogen functional groups attached to an aromatic ring is 1. The van der Waals surface area contributed by atoms with Gasteiger partial charge >= 0.3 is 0 Å². The Bertz CT molecular complexity index is 414. The van der Waals surface area contributed by atoms with Crippen molar-refractivity contribution in [2.75, 3.05) is 7.11 Å². The summed E-state index contributed by atoms with van der Waals surface area (Å²) in [5.74, 6) is 1.27. The predicted molar refractivity (Wildman–Crippen MR) is 69.0 cm³/mol. The van der Waals surface area contributed by atoms with E-state index in [0.717, 1.165) is 6.42 Å². The fourth-order valence-corrected chi connectivity index (χ4v) is 1.31. The fraction of sp³-hybridized carbons (Fsp3) is 0.462. The lowest BCUT2D eigenvalue weighted by molar-refractivity contribution is 0.105. The molecule has 0 aliphatic heterocycles. The van der Waals surface area contributed by atoms with Crippen LogP contribution in [-0.4, -0.2) is 18.5 Å². The summed E-state index contributed by atoms with van der Waals surface area (Å²) in [5, 5.41) is 7.53. The standard InChI is InChI=1S/C13H20N2O2/c1-5-13(2,3)17-11-8-9(16-4)6-7-10(11)12(14)15/h6-8H,5H2,1-4H3,(H3,14,15). The first-order valence-electron chi connectivity index (χ1n) is 5.61. The molecular weight excluding hydrogens is 216 g/mol. The van der Waals surface area contributed by atoms with E-state index in [0.29, 0.717) is 17.1 Å². The highest BCUT2D eigenvalue weighted by molar-refractivity contribution is 5.97. The third-order valence-corrected chi connectivity index (χ3v) is 2.72. The van der Waals surface area contributed by atoms with Crippen molar-refractivity contribution in [3.05, 3.63) is 23.8 Å². The van der Waals surface area contributed by atoms with Crippen molar-refractivity contribution in [3.8, 4) is 11.5 Å². The van der Waals surface area contributed by atoms with Crippen LogP contribution in [0.4, 0.5) is 0 Å². The first-order valence-corrected chi connectivity index (χ1v) is 5.61. The second kappa shape index (κ2) is 5.08. The number of nitrogens with two attached hydrogens (primary N) is 1. The number of benzene rings is 1. The molecule has 0 spiro atoms. The van der Waals surface area contributed by atoms with Gasteiger partial charge < -0.3 is 15.2 Å². The largest absolute Gasteiger partial charge is 0.497 e. The van der Waals surface area contributed by atoms with Crippen molar-refractivity contribution in [1.82, 2.24) is 0 Å². The van der Waals surface area contributed by atoms with Gasteiger partial charge in [-0.1, -0.05) is 6.92 Å². The van der Waals surface area contributed by atoms with Crippen molar-refractivity contribution >= 4 is 5.84 Å². The first kappa shape index (κ1) is 13.4. The maximum absolute atomic E-state index is 7.53. The van der Waals surface area contributed by atoms with E-state index < -0.39 is 0 Å². The normalized spacial score (nSPS) is 11.1. The number of amidine groups is 1. The minimum absolute atomic E-state index is 0.00504. The maximum Gasteiger partial charge on any atom is 0.134 e. The smallest absolute Gasteiger partial charge is 0.134 e. The van der Waals surface area contributed by atoms with Crippen LogP contribution >= 0.6 is 0 Å². The van der Waals surface area contributed by atoms with Crippen molar-refractivity contribution in [3.63, 3.8) is 0 Å². The molecule has 0 saturated heterocycles. The molecule has 3 N–H and O–H groups in total. The van der Waals surface area contributed by atoms with Crippen LogP contribution in [0.25, 0.3) is 0 Å². The number of nitrogens with one attached hydrogen (secondary N) is 1. The summed E-state index contributed by atoms with van der Waals surface area (Å²) < 4.78 is 11.0. The van der Waals surface area contributed by atoms with E-state index in [9.17, 15) is 0 Å². The van der Waals surface area contributed by atoms with E-state index >= 15 is 0 Å². The fourth-order valence-electron chi connectivity index (χ4n) is 1.31. The third-order valence-electron chi connectivity index (χ3n) is 2.72. The van der Waals surface area contributed by atoms with Crippen LogP contribution < -0.4 is 15.2 Å². The summed E-state index contributed by atoms with van der Waals surface area (Å²) in [6, 6.07) is 5.26. The van der Waals surface area contributed by atoms with Gasteiger partial charge in [0.05, 0.1) is 12.7 Å². The molecule has 0 heterocycles. The minimum Gasteiger partial charge on any atom is -0.497 e. The van der Waals surface area contributed by atoms with Gasteiger partial charge in [0.25, 0.3) is 0 Å². The molecule has 1 aromatic carbocycles. The highest BCUT2D eigenvalue weighted by Crippen LogP contribution is 2.28. The Morgan fingerprint density at radius 1 is 1.41 bits per heavy atom. The summed E-state index contributed by atoms with van der Waals surface area (Å²) in [4.78, 5) is 0. The van der Waals surface area contributed by atoms with E-state index in [-0.39, 0.29) is 11.4 Å². The van der Waals surface area contributed by atoms with Crippen molar-refractivity contribution < 1.29 is 9.47 Å². The van der Waals surface area contributed by atoms with E-state index in [1.54, 1.807) is 25.3 Å². The quantitative estimate of drug-likeness (QED) is 0.609. The monoisotopic (exact) mass is 236 g/mol. The zero-order valence-corrected chi connectivity index (χ0v) is 10.8. The van der Waals surface area contributed by atoms with Crippen LogP contribution in [-0.2, 0) is 0 Å². The van der Waals surface area contributed by atoms with Crippen molar-refractivity contribution in [2.45, 2.75) is 32.8 Å². The Kier molecular flexibility index (Phi) is 3.99. The van der Waals surface area contributed by atoms with Gasteiger partial charge in [-0.2, -0.15) is 0 Å². The molecule has 94 valence electrons. The molecule has 0 unspecified atom stereocenters. The molecule has 4 heteroatoms. The molecule has 1 rings (SSSR count). The molecule has 17 heavy (non-hydrogen) atoms. The molecule has 0 aliphatic rings. The van der Waals surface area contributed by atoms with Gasteiger partial charge in [-0.25, -0.2) is 0 Å². The molecule has 4 nitrogen and oxygen atoms in total. The average molecular weight is 236 g/mol. The number of hydrogen-bond acceptors (Lipinski definition) is 3. The van der Waals surface area contributed by atoms with Crippen LogP contribution in [0.5, 0.6) is 11.5 Å². The molecule has 1 aromatic rings. The van der Waals surface area contributed by atoms with Crippen LogP contribution in [0.1, 0.15) is 32.8 Å². The number of methoxy groups -OCH3 is 1. The molecule has 0 bridgehead atoms. The average Bonchev–Trinajstić information content (AvgIpc) is 2.28. The molecule has 0 saturated carbocycles. The van der Waals surface area contributed by atoms with Crippen LogP contribution in [0.3, 0.4) is 0 Å². The summed E-state index contributed by atoms with van der Waals surface area (Å²) in [7, 11) is 1.59. The molecule has 0 radical (unpaired) electrons. The molecule has 0 aromatic heterocycles. The van der Waals surface area contributed by atoms with Crippen LogP contribution in [0.2, 0.25) is 0 Å². The number of rotatable bonds is 5. The van der Waals surface area contributed by atoms with Gasteiger partial charge in [0.15, 0.2) is 0 Å². The Balaban J connectivity index is 3.13. The highest BCUT2D eigenvalue weighted by atomic mass is 16.5. The predicted octanol–water partition coefficient (Wildman–Crippen LogP) is 2.55. The van der Waals surface area contributed by atoms with E-state index in [2.05, 4.69) is 0 Å². The molecule has 0 fully saturated rings. The first-order chi connectivity index (χ1) is 7.89. The van der Waals surface area contributed by atoms with Crippen molar-refractivity contribution in [1.29, 1.82) is 5.41 Å².